The number of halogens is 2. The molecule has 5 nitrogen and oxygen atoms in total. The highest BCUT2D eigenvalue weighted by Gasteiger charge is 2.31. The van der Waals surface area contributed by atoms with Gasteiger partial charge in [0.2, 0.25) is 0 Å². The third-order valence-electron chi connectivity index (χ3n) is 5.05. The lowest BCUT2D eigenvalue weighted by atomic mass is 9.90. The molecule has 0 aromatic heterocycles. The minimum Gasteiger partial charge on any atom is -0.381 e. The molecule has 7 heteroatoms. The van der Waals surface area contributed by atoms with Crippen LogP contribution in [0.2, 0.25) is 0 Å². The fourth-order valence-electron chi connectivity index (χ4n) is 3.51. The fourth-order valence-corrected chi connectivity index (χ4v) is 3.51. The first-order valence-corrected chi connectivity index (χ1v) is 9.51. The summed E-state index contributed by atoms with van der Waals surface area (Å²) in [6, 6.07) is 6.58. The SMILES string of the molecule is CCNC(=NCC1(C)CCOC1)N1CC(C)OC(c2ccc(F)cc2)C1.I. The second-order valence-corrected chi connectivity index (χ2v) is 7.68. The van der Waals surface area contributed by atoms with Gasteiger partial charge in [0, 0.05) is 25.1 Å². The number of ether oxygens (including phenoxy) is 2. The maximum atomic E-state index is 13.2. The minimum atomic E-state index is -0.226. The molecule has 0 bridgehead atoms. The molecule has 152 valence electrons. The Balaban J connectivity index is 0.00000261. The van der Waals surface area contributed by atoms with Gasteiger partial charge < -0.3 is 19.7 Å². The van der Waals surface area contributed by atoms with E-state index < -0.39 is 0 Å². The van der Waals surface area contributed by atoms with Gasteiger partial charge >= 0.3 is 0 Å². The first kappa shape index (κ1) is 22.4. The number of morpholine rings is 1. The van der Waals surface area contributed by atoms with Gasteiger partial charge in [-0.1, -0.05) is 19.1 Å². The smallest absolute Gasteiger partial charge is 0.194 e. The molecule has 1 aromatic carbocycles. The summed E-state index contributed by atoms with van der Waals surface area (Å²) in [6.07, 6.45) is 1.04. The monoisotopic (exact) mass is 491 g/mol. The quantitative estimate of drug-likeness (QED) is 0.398. The summed E-state index contributed by atoms with van der Waals surface area (Å²) in [5, 5.41) is 3.41. The van der Waals surface area contributed by atoms with E-state index in [1.54, 1.807) is 12.1 Å². The average molecular weight is 491 g/mol. The summed E-state index contributed by atoms with van der Waals surface area (Å²) in [4.78, 5) is 7.16. The van der Waals surface area contributed by atoms with E-state index in [2.05, 4.69) is 31.0 Å². The molecule has 1 N–H and O–H groups in total. The maximum absolute atomic E-state index is 13.2. The number of hydrogen-bond acceptors (Lipinski definition) is 3. The van der Waals surface area contributed by atoms with E-state index in [0.29, 0.717) is 6.54 Å². The van der Waals surface area contributed by atoms with E-state index in [1.807, 2.05) is 0 Å². The zero-order chi connectivity index (χ0) is 18.6. The number of benzene rings is 1. The van der Waals surface area contributed by atoms with Gasteiger partial charge in [-0.25, -0.2) is 4.39 Å². The van der Waals surface area contributed by atoms with Crippen LogP contribution in [0, 0.1) is 11.2 Å². The molecule has 0 amide bonds. The predicted octanol–water partition coefficient (Wildman–Crippen LogP) is 3.60. The van der Waals surface area contributed by atoms with E-state index in [4.69, 9.17) is 14.5 Å². The van der Waals surface area contributed by atoms with Crippen molar-refractivity contribution in [3.63, 3.8) is 0 Å². The molecule has 0 spiro atoms. The summed E-state index contributed by atoms with van der Waals surface area (Å²) in [6.45, 7) is 11.0. The van der Waals surface area contributed by atoms with Crippen LogP contribution in [-0.4, -0.2) is 56.4 Å². The Morgan fingerprint density at radius 3 is 2.70 bits per heavy atom. The third kappa shape index (κ3) is 6.02. The van der Waals surface area contributed by atoms with Crippen LogP contribution >= 0.6 is 24.0 Å². The maximum Gasteiger partial charge on any atom is 0.194 e. The van der Waals surface area contributed by atoms with E-state index >= 15 is 0 Å². The number of hydrogen-bond donors (Lipinski definition) is 1. The van der Waals surface area contributed by atoms with Crippen molar-refractivity contribution in [2.45, 2.75) is 39.4 Å². The van der Waals surface area contributed by atoms with Gasteiger partial charge in [0.15, 0.2) is 5.96 Å². The molecule has 1 aromatic rings. The molecule has 3 atom stereocenters. The van der Waals surface area contributed by atoms with Crippen molar-refractivity contribution in [3.8, 4) is 0 Å². The van der Waals surface area contributed by atoms with Gasteiger partial charge in [-0.3, -0.25) is 4.99 Å². The topological polar surface area (TPSA) is 46.1 Å². The normalized spacial score (nSPS) is 28.7. The van der Waals surface area contributed by atoms with E-state index in [9.17, 15) is 4.39 Å². The second-order valence-electron chi connectivity index (χ2n) is 7.68. The minimum absolute atomic E-state index is 0. The molecule has 3 unspecified atom stereocenters. The van der Waals surface area contributed by atoms with Crippen molar-refractivity contribution in [2.75, 3.05) is 39.4 Å². The average Bonchev–Trinajstić information content (AvgIpc) is 3.05. The van der Waals surface area contributed by atoms with Gasteiger partial charge in [0.05, 0.1) is 25.8 Å². The highest BCUT2D eigenvalue weighted by molar-refractivity contribution is 14.0. The fraction of sp³-hybridized carbons (Fsp3) is 0.650. The van der Waals surface area contributed by atoms with Crippen LogP contribution in [0.25, 0.3) is 0 Å². The van der Waals surface area contributed by atoms with E-state index in [1.165, 1.54) is 12.1 Å². The first-order chi connectivity index (χ1) is 12.5. The number of rotatable bonds is 4. The number of aliphatic imine (C=N–C) groups is 1. The summed E-state index contributed by atoms with van der Waals surface area (Å²) in [5.74, 6) is 0.694. The summed E-state index contributed by atoms with van der Waals surface area (Å²) in [5.41, 5.74) is 1.12. The van der Waals surface area contributed by atoms with Crippen molar-refractivity contribution in [3.05, 3.63) is 35.6 Å². The standard InChI is InChI=1S/C20H30FN3O2.HI/c1-4-22-19(23-13-20(3)9-10-25-14-20)24-11-15(2)26-18(12-24)16-5-7-17(21)8-6-16;/h5-8,15,18H,4,9-14H2,1-3H3,(H,22,23);1H. The molecule has 0 saturated carbocycles. The molecular formula is C20H31FIN3O2. The van der Waals surface area contributed by atoms with Crippen molar-refractivity contribution in [1.29, 1.82) is 0 Å². The van der Waals surface area contributed by atoms with Crippen molar-refractivity contribution in [1.82, 2.24) is 10.2 Å². The number of guanidine groups is 1. The lowest BCUT2D eigenvalue weighted by Crippen LogP contribution is -2.51. The Hall–Kier alpha value is -0.930. The van der Waals surface area contributed by atoms with Crippen LogP contribution in [0.1, 0.15) is 38.9 Å². The van der Waals surface area contributed by atoms with Crippen LogP contribution in [0.4, 0.5) is 4.39 Å². The first-order valence-electron chi connectivity index (χ1n) is 9.51. The van der Waals surface area contributed by atoms with Crippen LogP contribution in [-0.2, 0) is 9.47 Å². The van der Waals surface area contributed by atoms with Crippen LogP contribution in [0.5, 0.6) is 0 Å². The van der Waals surface area contributed by atoms with Crippen molar-refractivity contribution >= 4 is 29.9 Å². The van der Waals surface area contributed by atoms with Gasteiger partial charge in [-0.05, 0) is 38.0 Å². The van der Waals surface area contributed by atoms with Crippen LogP contribution in [0.15, 0.2) is 29.3 Å². The Labute approximate surface area is 178 Å². The largest absolute Gasteiger partial charge is 0.381 e. The van der Waals surface area contributed by atoms with Gasteiger partial charge in [-0.15, -0.1) is 24.0 Å². The summed E-state index contributed by atoms with van der Waals surface area (Å²) >= 11 is 0. The summed E-state index contributed by atoms with van der Waals surface area (Å²) in [7, 11) is 0. The molecule has 2 aliphatic rings. The Kier molecular flexibility index (Phi) is 8.30. The zero-order valence-electron chi connectivity index (χ0n) is 16.4. The molecule has 2 fully saturated rings. The molecule has 0 aliphatic carbocycles. The van der Waals surface area contributed by atoms with Crippen molar-refractivity contribution in [2.24, 2.45) is 10.4 Å². The van der Waals surface area contributed by atoms with Crippen LogP contribution in [0.3, 0.4) is 0 Å². The van der Waals surface area contributed by atoms with E-state index in [-0.39, 0.29) is 47.4 Å². The number of nitrogens with one attached hydrogen (secondary N) is 1. The Morgan fingerprint density at radius 2 is 2.07 bits per heavy atom. The molecule has 2 saturated heterocycles. The van der Waals surface area contributed by atoms with Crippen LogP contribution < -0.4 is 5.32 Å². The highest BCUT2D eigenvalue weighted by Crippen LogP contribution is 2.29. The highest BCUT2D eigenvalue weighted by atomic mass is 127. The molecule has 2 aliphatic heterocycles. The molecular weight excluding hydrogens is 460 g/mol. The molecule has 2 heterocycles. The number of nitrogens with zero attached hydrogens (tertiary/aromatic N) is 2. The third-order valence-corrected chi connectivity index (χ3v) is 5.05. The van der Waals surface area contributed by atoms with Gasteiger partial charge in [0.1, 0.15) is 11.9 Å². The zero-order valence-corrected chi connectivity index (χ0v) is 18.7. The molecule has 3 rings (SSSR count). The van der Waals surface area contributed by atoms with Gasteiger partial charge in [-0.2, -0.15) is 0 Å². The van der Waals surface area contributed by atoms with E-state index in [0.717, 1.165) is 50.8 Å². The lowest BCUT2D eigenvalue weighted by Gasteiger charge is -2.39. The Morgan fingerprint density at radius 1 is 1.33 bits per heavy atom. The lowest BCUT2D eigenvalue weighted by molar-refractivity contribution is -0.0605. The predicted molar refractivity (Wildman–Crippen MR) is 116 cm³/mol. The second kappa shape index (κ2) is 10.0. The summed E-state index contributed by atoms with van der Waals surface area (Å²) < 4.78 is 24.9. The molecule has 0 radical (unpaired) electrons. The molecule has 27 heavy (non-hydrogen) atoms. The Bertz CT molecular complexity index is 620. The van der Waals surface area contributed by atoms with Gasteiger partial charge in [0.25, 0.3) is 0 Å². The van der Waals surface area contributed by atoms with Crippen molar-refractivity contribution < 1.29 is 13.9 Å².